The molecule has 3 rings (SSSR count). The van der Waals surface area contributed by atoms with Crippen LogP contribution in [0.2, 0.25) is 0 Å². The zero-order valence-corrected chi connectivity index (χ0v) is 15.6. The van der Waals surface area contributed by atoms with E-state index < -0.39 is 17.2 Å². The number of rotatable bonds is 5. The quantitative estimate of drug-likeness (QED) is 0.447. The van der Waals surface area contributed by atoms with E-state index in [1.165, 1.54) is 0 Å². The van der Waals surface area contributed by atoms with Gasteiger partial charge in [0, 0.05) is 18.3 Å². The van der Waals surface area contributed by atoms with Crippen LogP contribution in [0.4, 0.5) is 0 Å². The van der Waals surface area contributed by atoms with Crippen molar-refractivity contribution in [2.75, 3.05) is 6.61 Å². The minimum Gasteiger partial charge on any atom is -0.392 e. The van der Waals surface area contributed by atoms with Crippen LogP contribution in [0.25, 0.3) is 0 Å². The van der Waals surface area contributed by atoms with Crippen molar-refractivity contribution >= 4 is 0 Å². The van der Waals surface area contributed by atoms with Gasteiger partial charge in [0.15, 0.2) is 0 Å². The third kappa shape index (κ3) is 3.94. The number of unbranched alkanes of at least 4 members (excludes halogenated alkanes) is 1. The van der Waals surface area contributed by atoms with Gasteiger partial charge in [0.1, 0.15) is 0 Å². The molecule has 1 saturated heterocycles. The second kappa shape index (κ2) is 7.25. The lowest BCUT2D eigenvalue weighted by atomic mass is 9.60. The van der Waals surface area contributed by atoms with Gasteiger partial charge in [0.2, 0.25) is 11.6 Å². The Morgan fingerprint density at radius 2 is 1.76 bits per heavy atom. The zero-order valence-electron chi connectivity index (χ0n) is 15.6. The monoisotopic (exact) mass is 356 g/mol. The first-order chi connectivity index (χ1) is 11.8. The summed E-state index contributed by atoms with van der Waals surface area (Å²) in [6.45, 7) is 6.06. The summed E-state index contributed by atoms with van der Waals surface area (Å²) < 4.78 is 0. The summed E-state index contributed by atoms with van der Waals surface area (Å²) in [7, 11) is 0. The van der Waals surface area contributed by atoms with Crippen LogP contribution in [0.1, 0.15) is 65.7 Å². The third-order valence-electron chi connectivity index (χ3n) is 5.95. The predicted molar refractivity (Wildman–Crippen MR) is 90.8 cm³/mol. The van der Waals surface area contributed by atoms with Crippen molar-refractivity contribution in [3.05, 3.63) is 12.2 Å². The van der Waals surface area contributed by atoms with Crippen molar-refractivity contribution in [1.82, 2.24) is 0 Å². The Bertz CT molecular complexity index is 480. The lowest BCUT2D eigenvalue weighted by Gasteiger charge is -2.56. The smallest absolute Gasteiger partial charge is 0.239 e. The fourth-order valence-electron chi connectivity index (χ4n) is 4.88. The molecule has 0 amide bonds. The number of aliphatic hydroxyl groups excluding tert-OH is 1. The average molecular weight is 356 g/mol. The summed E-state index contributed by atoms with van der Waals surface area (Å²) in [5.74, 6) is -1.40. The molecule has 0 radical (unpaired) electrons. The van der Waals surface area contributed by atoms with Gasteiger partial charge in [-0.3, -0.25) is 0 Å². The molecule has 144 valence electrons. The second-order valence-electron chi connectivity index (χ2n) is 8.51. The van der Waals surface area contributed by atoms with E-state index in [0.717, 1.165) is 25.7 Å². The van der Waals surface area contributed by atoms with Crippen LogP contribution < -0.4 is 0 Å². The highest BCUT2D eigenvalue weighted by molar-refractivity contribution is 5.03. The second-order valence-corrected chi connectivity index (χ2v) is 8.51. The molecule has 0 aromatic heterocycles. The van der Waals surface area contributed by atoms with Crippen LogP contribution in [0.5, 0.6) is 0 Å². The number of allylic oxidation sites excluding steroid dienone is 1. The summed E-state index contributed by atoms with van der Waals surface area (Å²) >= 11 is 0. The molecule has 3 fully saturated rings. The molecule has 1 spiro atoms. The fraction of sp³-hybridized carbons (Fsp3) is 0.895. The van der Waals surface area contributed by atoms with Crippen LogP contribution in [-0.4, -0.2) is 34.0 Å². The molecule has 6 nitrogen and oxygen atoms in total. The molecule has 1 heterocycles. The minimum absolute atomic E-state index is 0.0132. The van der Waals surface area contributed by atoms with Crippen LogP contribution in [0.15, 0.2) is 12.2 Å². The first kappa shape index (κ1) is 19.3. The van der Waals surface area contributed by atoms with Crippen molar-refractivity contribution in [1.29, 1.82) is 0 Å². The summed E-state index contributed by atoms with van der Waals surface area (Å²) in [5, 5.41) is 19.6. The number of hydrogen-bond donors (Lipinski definition) is 2. The van der Waals surface area contributed by atoms with E-state index in [2.05, 4.69) is 6.92 Å². The van der Waals surface area contributed by atoms with Crippen LogP contribution in [0, 0.1) is 17.8 Å². The first-order valence-electron chi connectivity index (χ1n) is 9.53. The van der Waals surface area contributed by atoms with Gasteiger partial charge in [-0.25, -0.2) is 0 Å². The maximum Gasteiger partial charge on any atom is 0.239 e. The molecule has 0 aromatic carbocycles. The maximum atomic E-state index is 10.8. The molecule has 1 aliphatic heterocycles. The summed E-state index contributed by atoms with van der Waals surface area (Å²) in [6, 6.07) is 0. The van der Waals surface area contributed by atoms with E-state index in [9.17, 15) is 5.11 Å². The third-order valence-corrected chi connectivity index (χ3v) is 5.95. The van der Waals surface area contributed by atoms with Crippen molar-refractivity contribution in [2.45, 2.75) is 82.9 Å². The Labute approximate surface area is 150 Å². The molecule has 6 heteroatoms. The average Bonchev–Trinajstić information content (AvgIpc) is 2.53. The predicted octanol–water partition coefficient (Wildman–Crippen LogP) is 3.23. The van der Waals surface area contributed by atoms with Crippen molar-refractivity contribution < 1.29 is 29.8 Å². The van der Waals surface area contributed by atoms with E-state index in [1.54, 1.807) is 6.08 Å². The van der Waals surface area contributed by atoms with Crippen molar-refractivity contribution in [2.24, 2.45) is 17.8 Å². The van der Waals surface area contributed by atoms with Crippen molar-refractivity contribution in [3.63, 3.8) is 0 Å². The highest BCUT2D eigenvalue weighted by Crippen LogP contribution is 2.56. The van der Waals surface area contributed by atoms with Gasteiger partial charge in [-0.2, -0.15) is 19.6 Å². The van der Waals surface area contributed by atoms with Gasteiger partial charge in [-0.1, -0.05) is 26.0 Å². The highest BCUT2D eigenvalue weighted by Gasteiger charge is 2.62. The number of hydrogen-bond acceptors (Lipinski definition) is 6. The van der Waals surface area contributed by atoms with E-state index >= 15 is 0 Å². The molecule has 2 N–H and O–H groups in total. The Morgan fingerprint density at radius 1 is 1.04 bits per heavy atom. The lowest BCUT2D eigenvalue weighted by molar-refractivity contribution is -0.673. The van der Waals surface area contributed by atoms with Gasteiger partial charge in [0.05, 0.1) is 12.2 Å². The molecular weight excluding hydrogens is 324 g/mol. The van der Waals surface area contributed by atoms with Gasteiger partial charge < -0.3 is 10.2 Å². The number of fused-ring (bicyclic) bond motifs is 3. The van der Waals surface area contributed by atoms with Crippen LogP contribution in [-0.2, 0) is 19.6 Å². The zero-order chi connectivity index (χ0) is 18.1. The fourth-order valence-corrected chi connectivity index (χ4v) is 4.88. The van der Waals surface area contributed by atoms with E-state index in [1.807, 2.05) is 19.9 Å². The Morgan fingerprint density at radius 3 is 2.44 bits per heavy atom. The largest absolute Gasteiger partial charge is 0.392 e. The minimum atomic E-state index is -0.938. The molecule has 2 aliphatic carbocycles. The van der Waals surface area contributed by atoms with Crippen LogP contribution in [0.3, 0.4) is 0 Å². The van der Waals surface area contributed by atoms with E-state index in [0.29, 0.717) is 25.2 Å². The summed E-state index contributed by atoms with van der Waals surface area (Å²) in [4.78, 5) is 23.1. The van der Waals surface area contributed by atoms with E-state index in [4.69, 9.17) is 24.7 Å². The lowest BCUT2D eigenvalue weighted by Crippen LogP contribution is -2.64. The van der Waals surface area contributed by atoms with Gasteiger partial charge in [0.25, 0.3) is 0 Å². The molecular formula is C19H32O6. The molecule has 3 aliphatic rings. The topological polar surface area (TPSA) is 77.4 Å². The maximum absolute atomic E-state index is 10.8. The molecule has 2 bridgehead atoms. The van der Waals surface area contributed by atoms with Crippen LogP contribution >= 0.6 is 0 Å². The van der Waals surface area contributed by atoms with Gasteiger partial charge >= 0.3 is 0 Å². The molecule has 25 heavy (non-hydrogen) atoms. The van der Waals surface area contributed by atoms with Gasteiger partial charge in [-0.15, -0.1) is 0 Å². The number of aliphatic hydroxyl groups is 2. The van der Waals surface area contributed by atoms with Gasteiger partial charge in [-0.05, 0) is 51.4 Å². The summed E-state index contributed by atoms with van der Waals surface area (Å²) in [6.07, 6.45) is 9.01. The van der Waals surface area contributed by atoms with Crippen molar-refractivity contribution in [3.8, 4) is 0 Å². The normalized spacial score (nSPS) is 47.5. The highest BCUT2D eigenvalue weighted by atomic mass is 17.4. The van der Waals surface area contributed by atoms with E-state index in [-0.39, 0.29) is 18.4 Å². The SMILES string of the molecule is CC1CC2CC(O)(C1)CC(C)C21OOC(C)(CCC/C=C/CO)OO1. The Balaban J connectivity index is 1.61. The molecule has 4 atom stereocenters. The summed E-state index contributed by atoms with van der Waals surface area (Å²) in [5.41, 5.74) is -0.625. The Hall–Kier alpha value is -0.500. The molecule has 4 unspecified atom stereocenters. The molecule has 0 aromatic rings. The standard InChI is InChI=1S/C19H32O6/c1-14-10-16-13-18(21,11-14)12-15(2)19(16)24-22-17(3,23-25-19)8-6-4-5-7-9-20/h5,7,14-16,20-21H,4,6,8-13H2,1-3H3/b7-5+. The molecule has 2 saturated carbocycles. The Kier molecular flexibility index (Phi) is 5.59. The first-order valence-corrected chi connectivity index (χ1v) is 9.53.